The third-order valence-corrected chi connectivity index (χ3v) is 23.2. The molecular weight excluding hydrogens is 1700 g/mol. The van der Waals surface area contributed by atoms with Crippen LogP contribution in [0.2, 0.25) is 0 Å². The number of hydrogen-bond acceptors (Lipinski definition) is 42. The lowest BCUT2D eigenvalue weighted by molar-refractivity contribution is -0.277. The third kappa shape index (κ3) is 15.0. The Bertz CT molecular complexity index is 6030. The van der Waals surface area contributed by atoms with Crippen LogP contribution in [0.3, 0.4) is 0 Å². The number of rotatable bonds is 17. The van der Waals surface area contributed by atoms with E-state index in [1.54, 1.807) is 0 Å². The molecule has 0 unspecified atom stereocenters. The topological polar surface area (TPSA) is 733 Å². The van der Waals surface area contributed by atoms with Crippen LogP contribution in [0, 0.1) is 0 Å². The Morgan fingerprint density at radius 1 is 0.312 bits per heavy atom. The standard InChI is InChI=1S/C86H78O42/c87-23-54-67(109)71(113)73(115)85(123-54)119-31-17-41(97)56-52(18-31)120-78(28-4-8-36(92)40(96)12-28)82(128-84(118)30-15-49(105)66(108)50(106)16-30)64(56)61-45(101)21-44(100)60-63(70(112)77(127-81(60)61)27-3-7-35(91)39(95)11-27)59-43(99)20-42(98)58-62(69(111)76(126-80(58)59)26-2-6-34(90)38(94)10-26)57-46(102)22-51(122-86-74(116)72(114)68(110)55(24-88)124-86)32-19-53(121-83(117)29-13-47(103)65(107)48(104)14-29)75(125-79(32)57)25-1-5-33(89)37(93)9-25/h1-18,20-22,53-55,62-64,67-78,82,85-116H,19,23-24H2/t53-,54-,55-,62+,63+,64-,67-,68-,69-,70-,71+,72+,73-,74-,75-,76-,77-,78-,82-,85-,86-/m1/s1. The lowest BCUT2D eigenvalue weighted by Crippen LogP contribution is -2.60. The second-order valence-electron chi connectivity index (χ2n) is 31.0. The first-order valence-corrected chi connectivity index (χ1v) is 38.7. The maximum absolute atomic E-state index is 15.1. The first-order chi connectivity index (χ1) is 60.7. The van der Waals surface area contributed by atoms with E-state index in [9.17, 15) is 158 Å². The largest absolute Gasteiger partial charge is 0.507 e. The van der Waals surface area contributed by atoms with Crippen LogP contribution >= 0.6 is 0 Å². The predicted molar refractivity (Wildman–Crippen MR) is 420 cm³/mol. The summed E-state index contributed by atoms with van der Waals surface area (Å²) in [6.07, 6.45) is -38.4. The summed E-state index contributed by atoms with van der Waals surface area (Å²) in [6, 6.07) is 17.7. The van der Waals surface area contributed by atoms with Crippen LogP contribution in [0.5, 0.6) is 149 Å². The minimum atomic E-state index is -2.49. The summed E-state index contributed by atoms with van der Waals surface area (Å²) in [5, 5.41) is 344. The highest BCUT2D eigenvalue weighted by atomic mass is 16.7. The average molecular weight is 1780 g/mol. The van der Waals surface area contributed by atoms with Crippen LogP contribution in [0.15, 0.2) is 127 Å². The van der Waals surface area contributed by atoms with Crippen LogP contribution in [-0.4, -0.2) is 264 Å². The summed E-state index contributed by atoms with van der Waals surface area (Å²) in [4.78, 5) is 29.6. The van der Waals surface area contributed by atoms with Gasteiger partial charge in [0.2, 0.25) is 12.6 Å². The number of esters is 2. The van der Waals surface area contributed by atoms with E-state index in [2.05, 4.69) is 0 Å². The molecule has 16 rings (SSSR count). The maximum atomic E-state index is 15.1. The van der Waals surface area contributed by atoms with Crippen LogP contribution in [0.1, 0.15) is 124 Å². The molecule has 0 aromatic heterocycles. The highest BCUT2D eigenvalue weighted by Gasteiger charge is 2.56. The molecule has 6 aliphatic heterocycles. The molecule has 42 heteroatoms. The highest BCUT2D eigenvalue weighted by Crippen LogP contribution is 2.66. The fourth-order valence-electron chi connectivity index (χ4n) is 16.9. The monoisotopic (exact) mass is 1780 g/mol. The Morgan fingerprint density at radius 3 is 1.09 bits per heavy atom. The van der Waals surface area contributed by atoms with Gasteiger partial charge in [0, 0.05) is 86.8 Å². The molecule has 0 spiro atoms. The van der Waals surface area contributed by atoms with Crippen molar-refractivity contribution in [3.63, 3.8) is 0 Å². The van der Waals surface area contributed by atoms with Crippen molar-refractivity contribution in [1.82, 2.24) is 0 Å². The molecule has 2 fully saturated rings. The Kier molecular flexibility index (Phi) is 22.5. The summed E-state index contributed by atoms with van der Waals surface area (Å²) >= 11 is 0. The fourth-order valence-corrected chi connectivity index (χ4v) is 16.9. The van der Waals surface area contributed by atoms with Gasteiger partial charge in [-0.2, -0.15) is 0 Å². The molecule has 0 saturated carbocycles. The van der Waals surface area contributed by atoms with Crippen molar-refractivity contribution in [3.8, 4) is 149 Å². The van der Waals surface area contributed by atoms with E-state index >= 15 is 4.79 Å². The minimum absolute atomic E-state index is 0.234. The molecule has 0 aliphatic carbocycles. The number of carbonyl (C=O) groups excluding carboxylic acids is 2. The van der Waals surface area contributed by atoms with Crippen molar-refractivity contribution >= 4 is 11.9 Å². The number of hydrogen-bond donors (Lipinski definition) is 30. The summed E-state index contributed by atoms with van der Waals surface area (Å²) < 4.78 is 63.1. The fraction of sp³-hybridized carbons (Fsp3) is 0.279. The molecule has 10 aromatic carbocycles. The summed E-state index contributed by atoms with van der Waals surface area (Å²) in [5.74, 6) is -34.6. The van der Waals surface area contributed by atoms with Gasteiger partial charge in [-0.15, -0.1) is 0 Å². The van der Waals surface area contributed by atoms with Gasteiger partial charge >= 0.3 is 11.9 Å². The van der Waals surface area contributed by atoms with E-state index in [-0.39, 0.29) is 22.3 Å². The Hall–Kier alpha value is -14.5. The van der Waals surface area contributed by atoms with Crippen molar-refractivity contribution < 1.29 is 210 Å². The Labute approximate surface area is 716 Å². The smallest absolute Gasteiger partial charge is 0.338 e. The number of benzene rings is 10. The first-order valence-electron chi connectivity index (χ1n) is 38.7. The number of fused-ring (bicyclic) bond motifs is 4. The highest BCUT2D eigenvalue weighted by molar-refractivity contribution is 5.92. The molecule has 6 aliphatic rings. The number of aliphatic hydroxyl groups is 10. The van der Waals surface area contributed by atoms with E-state index in [1.807, 2.05) is 0 Å². The van der Waals surface area contributed by atoms with Crippen LogP contribution in [0.4, 0.5) is 0 Å². The van der Waals surface area contributed by atoms with Crippen LogP contribution in [-0.2, 0) is 25.4 Å². The van der Waals surface area contributed by atoms with Crippen molar-refractivity contribution in [2.75, 3.05) is 13.2 Å². The molecule has 30 N–H and O–H groups in total. The van der Waals surface area contributed by atoms with Gasteiger partial charge < -0.3 is 201 Å². The second-order valence-corrected chi connectivity index (χ2v) is 31.0. The minimum Gasteiger partial charge on any atom is -0.507 e. The lowest BCUT2D eigenvalue weighted by atomic mass is 9.72. The van der Waals surface area contributed by atoms with Gasteiger partial charge in [0.1, 0.15) is 136 Å². The number of ether oxygens (including phenoxy) is 10. The normalized spacial score (nSPS) is 26.9. The molecule has 0 radical (unpaired) electrons. The molecular formula is C86H78O42. The molecule has 42 nitrogen and oxygen atoms in total. The van der Waals surface area contributed by atoms with Crippen LogP contribution < -0.4 is 28.4 Å². The first kappa shape index (κ1) is 87.0. The molecule has 128 heavy (non-hydrogen) atoms. The van der Waals surface area contributed by atoms with Gasteiger partial charge in [-0.3, -0.25) is 0 Å². The third-order valence-electron chi connectivity index (χ3n) is 23.2. The van der Waals surface area contributed by atoms with Crippen molar-refractivity contribution in [1.29, 1.82) is 0 Å². The summed E-state index contributed by atoms with van der Waals surface area (Å²) in [5.41, 5.74) is -7.93. The Morgan fingerprint density at radius 2 is 0.672 bits per heavy atom. The quantitative estimate of drug-likeness (QED) is 0.0460. The SMILES string of the molecule is O=C(O[C@@H]1[C@@H](c2c(O)cc(O)c3c2O[C@H](c2ccc(O)c(O)c2)[C@H](O)[C@H]3c2c(O)cc(O)c3c2O[C@H](c2ccc(O)c(O)c2)[C@H](O)[C@H]3c2c(O)cc(O[C@@H]3O[C@H](CO)[C@@H](O)[C@H](O)[C@H]3O)c3c2O[C@H](c2ccc(O)c(O)c2)[C@H](OC(=O)c2cc(O)c(O)c(O)c2)C3)c2c(O)cc(O[C@@H]3O[C@H](CO)[C@@H](O)[C@H](O)[C@H]3O)cc2O[C@@H]1c1ccc(O)c(O)c1)c1cc(O)c(O)c(O)c1. The number of aliphatic hydroxyl groups excluding tert-OH is 10. The molecule has 0 bridgehead atoms. The van der Waals surface area contributed by atoms with Gasteiger partial charge in [0.05, 0.1) is 42.1 Å². The second kappa shape index (κ2) is 33.1. The summed E-state index contributed by atoms with van der Waals surface area (Å²) in [7, 11) is 0. The molecule has 0 amide bonds. The van der Waals surface area contributed by atoms with E-state index in [0.29, 0.717) is 36.4 Å². The zero-order valence-corrected chi connectivity index (χ0v) is 65.2. The van der Waals surface area contributed by atoms with Crippen molar-refractivity contribution in [3.05, 3.63) is 200 Å². The van der Waals surface area contributed by atoms with E-state index < -0.39 is 359 Å². The molecule has 674 valence electrons. The van der Waals surface area contributed by atoms with Gasteiger partial charge in [-0.05, 0) is 83.9 Å². The summed E-state index contributed by atoms with van der Waals surface area (Å²) in [6.45, 7) is -2.00. The molecule has 2 saturated heterocycles. The van der Waals surface area contributed by atoms with Crippen LogP contribution in [0.25, 0.3) is 0 Å². The zero-order valence-electron chi connectivity index (χ0n) is 65.2. The van der Waals surface area contributed by atoms with E-state index in [1.165, 1.54) is 0 Å². The van der Waals surface area contributed by atoms with Gasteiger partial charge in [0.25, 0.3) is 0 Å². The molecule has 21 atom stereocenters. The Balaban J connectivity index is 0.961. The van der Waals surface area contributed by atoms with Gasteiger partial charge in [-0.25, -0.2) is 9.59 Å². The van der Waals surface area contributed by atoms with Gasteiger partial charge in [-0.1, -0.05) is 24.3 Å². The number of phenolic OH excluding ortho intramolecular Hbond substituents is 20. The maximum Gasteiger partial charge on any atom is 0.338 e. The number of carbonyl (C=O) groups is 2. The van der Waals surface area contributed by atoms with E-state index in [4.69, 9.17) is 47.4 Å². The molecule has 6 heterocycles. The predicted octanol–water partition coefficient (Wildman–Crippen LogP) is 2.80. The zero-order chi connectivity index (χ0) is 91.8. The number of aromatic hydroxyl groups is 20. The lowest BCUT2D eigenvalue weighted by Gasteiger charge is -2.45. The van der Waals surface area contributed by atoms with Gasteiger partial charge in [0.15, 0.2) is 111 Å². The molecule has 10 aromatic rings. The van der Waals surface area contributed by atoms with E-state index in [0.717, 1.165) is 91.0 Å². The number of phenols is 20. The van der Waals surface area contributed by atoms with Crippen molar-refractivity contribution in [2.45, 2.75) is 134 Å². The average Bonchev–Trinajstić information content (AvgIpc) is 0.703. The van der Waals surface area contributed by atoms with Crippen molar-refractivity contribution in [2.24, 2.45) is 0 Å².